The first kappa shape index (κ1) is 16.8. The van der Waals surface area contributed by atoms with Crippen molar-refractivity contribution < 1.29 is 9.63 Å². The standard InChI is InChI=1S/C18H16Cl2N2O2/c19-16-7-6-13(10-17(16)20)12-24-21-15-8-9-22(11-15)18(23)14-4-2-1-3-5-14/h1-7,10H,8-9,11-12H2. The zero-order valence-electron chi connectivity index (χ0n) is 12.9. The molecule has 0 aromatic heterocycles. The van der Waals surface area contributed by atoms with Crippen molar-refractivity contribution in [1.29, 1.82) is 0 Å². The van der Waals surface area contributed by atoms with Gasteiger partial charge < -0.3 is 9.74 Å². The Labute approximate surface area is 150 Å². The molecule has 0 N–H and O–H groups in total. The Morgan fingerprint density at radius 2 is 1.92 bits per heavy atom. The number of benzene rings is 2. The fraction of sp³-hybridized carbons (Fsp3) is 0.222. The molecule has 1 heterocycles. The van der Waals surface area contributed by atoms with Crippen LogP contribution in [0, 0.1) is 0 Å². The second kappa shape index (κ2) is 7.69. The van der Waals surface area contributed by atoms with Gasteiger partial charge in [0.15, 0.2) is 0 Å². The van der Waals surface area contributed by atoms with E-state index in [1.165, 1.54) is 0 Å². The van der Waals surface area contributed by atoms with E-state index in [1.54, 1.807) is 17.0 Å². The first-order chi connectivity index (χ1) is 11.6. The van der Waals surface area contributed by atoms with Gasteiger partial charge in [-0.2, -0.15) is 0 Å². The Morgan fingerprint density at radius 1 is 1.12 bits per heavy atom. The van der Waals surface area contributed by atoms with Crippen LogP contribution in [0.2, 0.25) is 10.0 Å². The minimum Gasteiger partial charge on any atom is -0.391 e. The molecule has 1 saturated heterocycles. The van der Waals surface area contributed by atoms with Gasteiger partial charge >= 0.3 is 0 Å². The Balaban J connectivity index is 1.54. The van der Waals surface area contributed by atoms with Gasteiger partial charge in [0, 0.05) is 18.5 Å². The molecule has 1 aliphatic rings. The molecule has 0 unspecified atom stereocenters. The molecule has 0 radical (unpaired) electrons. The van der Waals surface area contributed by atoms with Crippen LogP contribution in [0.15, 0.2) is 53.7 Å². The maximum atomic E-state index is 12.4. The summed E-state index contributed by atoms with van der Waals surface area (Å²) in [4.78, 5) is 19.5. The van der Waals surface area contributed by atoms with Crippen molar-refractivity contribution in [2.45, 2.75) is 13.0 Å². The van der Waals surface area contributed by atoms with Gasteiger partial charge in [0.2, 0.25) is 0 Å². The lowest BCUT2D eigenvalue weighted by Gasteiger charge is -2.14. The maximum absolute atomic E-state index is 12.4. The Morgan fingerprint density at radius 3 is 2.67 bits per heavy atom. The predicted octanol–water partition coefficient (Wildman–Crippen LogP) is 4.41. The monoisotopic (exact) mass is 362 g/mol. The highest BCUT2D eigenvalue weighted by Crippen LogP contribution is 2.23. The van der Waals surface area contributed by atoms with E-state index in [9.17, 15) is 4.79 Å². The Kier molecular flexibility index (Phi) is 5.38. The molecule has 1 amide bonds. The predicted molar refractivity (Wildman–Crippen MR) is 95.6 cm³/mol. The van der Waals surface area contributed by atoms with Crippen molar-refractivity contribution >= 4 is 34.8 Å². The number of halogens is 2. The summed E-state index contributed by atoms with van der Waals surface area (Å²) in [6.45, 7) is 1.46. The molecular formula is C18H16Cl2N2O2. The van der Waals surface area contributed by atoms with Crippen molar-refractivity contribution in [2.75, 3.05) is 13.1 Å². The molecule has 2 aromatic carbocycles. The molecule has 124 valence electrons. The van der Waals surface area contributed by atoms with Gasteiger partial charge in [-0.05, 0) is 29.8 Å². The number of nitrogens with zero attached hydrogens (tertiary/aromatic N) is 2. The average Bonchev–Trinajstić information content (AvgIpc) is 3.07. The van der Waals surface area contributed by atoms with E-state index in [1.807, 2.05) is 36.4 Å². The third-order valence-corrected chi connectivity index (χ3v) is 4.50. The molecule has 0 saturated carbocycles. The SMILES string of the molecule is O=C(c1ccccc1)N1CCC(=NOCc2ccc(Cl)c(Cl)c2)C1. The number of oxime groups is 1. The zero-order chi connectivity index (χ0) is 16.9. The highest BCUT2D eigenvalue weighted by Gasteiger charge is 2.24. The maximum Gasteiger partial charge on any atom is 0.254 e. The van der Waals surface area contributed by atoms with Gasteiger partial charge in [-0.15, -0.1) is 0 Å². The largest absolute Gasteiger partial charge is 0.391 e. The quantitative estimate of drug-likeness (QED) is 0.755. The van der Waals surface area contributed by atoms with Gasteiger partial charge in [-0.1, -0.05) is 52.6 Å². The highest BCUT2D eigenvalue weighted by atomic mass is 35.5. The van der Waals surface area contributed by atoms with E-state index in [0.717, 1.165) is 17.7 Å². The van der Waals surface area contributed by atoms with Crippen molar-refractivity contribution in [2.24, 2.45) is 5.16 Å². The molecule has 1 fully saturated rings. The molecule has 6 heteroatoms. The fourth-order valence-corrected chi connectivity index (χ4v) is 2.80. The summed E-state index contributed by atoms with van der Waals surface area (Å²) in [6, 6.07) is 14.6. The molecule has 0 aliphatic carbocycles. The molecule has 1 aliphatic heterocycles. The summed E-state index contributed by atoms with van der Waals surface area (Å²) in [5.74, 6) is 0.0188. The topological polar surface area (TPSA) is 41.9 Å². The molecule has 0 bridgehead atoms. The molecule has 0 spiro atoms. The Bertz CT molecular complexity index is 763. The number of carbonyl (C=O) groups excluding carboxylic acids is 1. The van der Waals surface area contributed by atoms with Crippen LogP contribution in [0.4, 0.5) is 0 Å². The van der Waals surface area contributed by atoms with Crippen LogP contribution in [-0.4, -0.2) is 29.6 Å². The summed E-state index contributed by atoms with van der Waals surface area (Å²) in [5, 5.41) is 5.15. The second-order valence-corrected chi connectivity index (χ2v) is 6.34. The van der Waals surface area contributed by atoms with E-state index in [2.05, 4.69) is 5.16 Å². The smallest absolute Gasteiger partial charge is 0.254 e. The van der Waals surface area contributed by atoms with Crippen LogP contribution in [0.1, 0.15) is 22.3 Å². The number of carbonyl (C=O) groups is 1. The first-order valence-electron chi connectivity index (χ1n) is 7.59. The lowest BCUT2D eigenvalue weighted by molar-refractivity contribution is 0.0797. The number of amides is 1. The minimum absolute atomic E-state index is 0.0188. The van der Waals surface area contributed by atoms with Gasteiger partial charge in [-0.3, -0.25) is 4.79 Å². The third kappa shape index (κ3) is 4.08. The number of hydrogen-bond acceptors (Lipinski definition) is 3. The van der Waals surface area contributed by atoms with E-state index in [0.29, 0.717) is 35.3 Å². The van der Waals surface area contributed by atoms with Crippen molar-refractivity contribution in [3.05, 3.63) is 69.7 Å². The zero-order valence-corrected chi connectivity index (χ0v) is 14.4. The summed E-state index contributed by atoms with van der Waals surface area (Å²) < 4.78 is 0. The summed E-state index contributed by atoms with van der Waals surface area (Å²) in [7, 11) is 0. The number of hydrogen-bond donors (Lipinski definition) is 0. The Hall–Kier alpha value is -2.04. The van der Waals surface area contributed by atoms with Crippen LogP contribution in [0.3, 0.4) is 0 Å². The molecule has 2 aromatic rings. The highest BCUT2D eigenvalue weighted by molar-refractivity contribution is 6.42. The van der Waals surface area contributed by atoms with Crippen LogP contribution >= 0.6 is 23.2 Å². The fourth-order valence-electron chi connectivity index (χ4n) is 2.48. The van der Waals surface area contributed by atoms with Crippen molar-refractivity contribution in [3.63, 3.8) is 0 Å². The molecule has 0 atom stereocenters. The van der Waals surface area contributed by atoms with Crippen LogP contribution < -0.4 is 0 Å². The first-order valence-corrected chi connectivity index (χ1v) is 8.35. The lowest BCUT2D eigenvalue weighted by Crippen LogP contribution is -2.28. The van der Waals surface area contributed by atoms with Gasteiger partial charge in [0.1, 0.15) is 6.61 Å². The van der Waals surface area contributed by atoms with E-state index >= 15 is 0 Å². The number of rotatable bonds is 4. The van der Waals surface area contributed by atoms with Crippen molar-refractivity contribution in [3.8, 4) is 0 Å². The molecule has 3 rings (SSSR count). The van der Waals surface area contributed by atoms with Crippen LogP contribution in [0.5, 0.6) is 0 Å². The normalized spacial score (nSPS) is 15.8. The molecule has 24 heavy (non-hydrogen) atoms. The average molecular weight is 363 g/mol. The lowest BCUT2D eigenvalue weighted by atomic mass is 10.2. The van der Waals surface area contributed by atoms with Crippen LogP contribution in [0.25, 0.3) is 0 Å². The van der Waals surface area contributed by atoms with Gasteiger partial charge in [-0.25, -0.2) is 0 Å². The molecular weight excluding hydrogens is 347 g/mol. The minimum atomic E-state index is 0.0188. The van der Waals surface area contributed by atoms with E-state index in [-0.39, 0.29) is 5.91 Å². The number of likely N-dealkylation sites (tertiary alicyclic amines) is 1. The van der Waals surface area contributed by atoms with Crippen molar-refractivity contribution in [1.82, 2.24) is 4.90 Å². The second-order valence-electron chi connectivity index (χ2n) is 5.52. The van der Waals surface area contributed by atoms with Gasteiger partial charge in [0.25, 0.3) is 5.91 Å². The molecule has 4 nitrogen and oxygen atoms in total. The van der Waals surface area contributed by atoms with E-state index < -0.39 is 0 Å². The summed E-state index contributed by atoms with van der Waals surface area (Å²) in [6.07, 6.45) is 0.722. The van der Waals surface area contributed by atoms with E-state index in [4.69, 9.17) is 28.0 Å². The summed E-state index contributed by atoms with van der Waals surface area (Å²) >= 11 is 11.8. The van der Waals surface area contributed by atoms with Crippen LogP contribution in [-0.2, 0) is 11.4 Å². The summed E-state index contributed by atoms with van der Waals surface area (Å²) in [5.41, 5.74) is 2.44. The third-order valence-electron chi connectivity index (χ3n) is 3.76. The van der Waals surface area contributed by atoms with Gasteiger partial charge in [0.05, 0.1) is 22.3 Å².